The molecule has 0 radical (unpaired) electrons. The van der Waals surface area contributed by atoms with Crippen LogP contribution in [-0.4, -0.2) is 77.8 Å². The summed E-state index contributed by atoms with van der Waals surface area (Å²) in [6.07, 6.45) is 5.29. The first-order valence-electron chi connectivity index (χ1n) is 11.5. The number of imidazole rings is 1. The lowest BCUT2D eigenvalue weighted by Gasteiger charge is -2.36. The Hall–Kier alpha value is -3.40. The molecule has 35 heavy (non-hydrogen) atoms. The Labute approximate surface area is 209 Å². The third-order valence-electron chi connectivity index (χ3n) is 6.18. The third-order valence-corrected chi connectivity index (χ3v) is 6.46. The molecule has 0 amide bonds. The Kier molecular flexibility index (Phi) is 6.98. The summed E-state index contributed by atoms with van der Waals surface area (Å²) < 4.78 is 12.8. The zero-order valence-electron chi connectivity index (χ0n) is 19.8. The molecule has 0 bridgehead atoms. The zero-order valence-corrected chi connectivity index (χ0v) is 20.6. The highest BCUT2D eigenvalue weighted by Crippen LogP contribution is 2.33. The van der Waals surface area contributed by atoms with E-state index in [1.807, 2.05) is 34.9 Å². The molecule has 0 unspecified atom stereocenters. The van der Waals surface area contributed by atoms with E-state index in [0.29, 0.717) is 16.7 Å². The Morgan fingerprint density at radius 1 is 1.03 bits per heavy atom. The molecule has 0 spiro atoms. The molecule has 3 aromatic heterocycles. The molecule has 9 nitrogen and oxygen atoms in total. The molecule has 0 saturated carbocycles. The topological polar surface area (TPSA) is 80.1 Å². The minimum absolute atomic E-state index is 0.424. The first-order valence-corrected chi connectivity index (χ1v) is 11.9. The first-order chi connectivity index (χ1) is 17.2. The van der Waals surface area contributed by atoms with Crippen molar-refractivity contribution in [1.29, 1.82) is 0 Å². The minimum Gasteiger partial charge on any atom is -0.494 e. The van der Waals surface area contributed by atoms with Crippen LogP contribution in [0.4, 0.5) is 17.3 Å². The van der Waals surface area contributed by atoms with E-state index in [2.05, 4.69) is 42.2 Å². The molecule has 10 heteroatoms. The highest BCUT2D eigenvalue weighted by molar-refractivity contribution is 6.32. The smallest absolute Gasteiger partial charge is 0.227 e. The van der Waals surface area contributed by atoms with Crippen molar-refractivity contribution < 1.29 is 9.47 Å². The van der Waals surface area contributed by atoms with Gasteiger partial charge in [0, 0.05) is 57.8 Å². The van der Waals surface area contributed by atoms with Gasteiger partial charge in [-0.05, 0) is 24.3 Å². The Balaban J connectivity index is 1.35. The van der Waals surface area contributed by atoms with Gasteiger partial charge in [-0.15, -0.1) is 0 Å². The van der Waals surface area contributed by atoms with Crippen molar-refractivity contribution in [3.8, 4) is 17.1 Å². The van der Waals surface area contributed by atoms with E-state index in [-0.39, 0.29) is 0 Å². The Morgan fingerprint density at radius 3 is 2.69 bits per heavy atom. The maximum absolute atomic E-state index is 6.46. The second kappa shape index (κ2) is 10.5. The summed E-state index contributed by atoms with van der Waals surface area (Å²) in [5, 5.41) is 3.74. The number of aromatic nitrogens is 4. The van der Waals surface area contributed by atoms with Gasteiger partial charge in [0.05, 0.1) is 42.5 Å². The largest absolute Gasteiger partial charge is 0.494 e. The summed E-state index contributed by atoms with van der Waals surface area (Å²) in [5.74, 6) is 1.15. The lowest BCUT2D eigenvalue weighted by atomic mass is 10.2. The lowest BCUT2D eigenvalue weighted by Crippen LogP contribution is -2.47. The number of piperazine rings is 1. The zero-order chi connectivity index (χ0) is 24.2. The molecule has 4 aromatic rings. The van der Waals surface area contributed by atoms with Crippen LogP contribution in [-0.2, 0) is 4.74 Å². The highest BCUT2D eigenvalue weighted by Gasteiger charge is 2.19. The van der Waals surface area contributed by atoms with Crippen molar-refractivity contribution in [2.24, 2.45) is 0 Å². The number of ether oxygens (including phenoxy) is 2. The molecule has 1 aliphatic rings. The van der Waals surface area contributed by atoms with Crippen LogP contribution in [0, 0.1) is 0 Å². The fourth-order valence-corrected chi connectivity index (χ4v) is 4.45. The van der Waals surface area contributed by atoms with Crippen LogP contribution in [0.5, 0.6) is 5.75 Å². The van der Waals surface area contributed by atoms with Crippen molar-refractivity contribution in [1.82, 2.24) is 24.3 Å². The number of hydrogen-bond donors (Lipinski definition) is 1. The molecule has 4 heterocycles. The Morgan fingerprint density at radius 2 is 1.89 bits per heavy atom. The van der Waals surface area contributed by atoms with Crippen molar-refractivity contribution in [3.05, 3.63) is 60.0 Å². The third kappa shape index (κ3) is 5.02. The van der Waals surface area contributed by atoms with Crippen LogP contribution in [0.2, 0.25) is 5.02 Å². The molecule has 5 rings (SSSR count). The predicted octanol–water partition coefficient (Wildman–Crippen LogP) is 3.97. The number of benzene rings is 1. The second-order valence-electron chi connectivity index (χ2n) is 8.29. The molecular formula is C25H28ClN7O2. The molecule has 1 aliphatic heterocycles. The molecule has 182 valence electrons. The van der Waals surface area contributed by atoms with Crippen molar-refractivity contribution in [2.45, 2.75) is 0 Å². The van der Waals surface area contributed by atoms with Crippen molar-refractivity contribution >= 4 is 34.6 Å². The van der Waals surface area contributed by atoms with Gasteiger partial charge in [0.25, 0.3) is 0 Å². The van der Waals surface area contributed by atoms with E-state index in [9.17, 15) is 0 Å². The molecule has 0 aliphatic carbocycles. The summed E-state index contributed by atoms with van der Waals surface area (Å²) in [6.45, 7) is 5.67. The number of nitrogens with zero attached hydrogens (tertiary/aromatic N) is 6. The van der Waals surface area contributed by atoms with E-state index < -0.39 is 0 Å². The van der Waals surface area contributed by atoms with E-state index in [1.165, 1.54) is 0 Å². The fourth-order valence-electron chi connectivity index (χ4n) is 4.27. The maximum Gasteiger partial charge on any atom is 0.227 e. The minimum atomic E-state index is 0.424. The average molecular weight is 494 g/mol. The van der Waals surface area contributed by atoms with Crippen molar-refractivity contribution in [3.63, 3.8) is 0 Å². The monoisotopic (exact) mass is 493 g/mol. The Bertz CT molecular complexity index is 1300. The van der Waals surface area contributed by atoms with Gasteiger partial charge in [-0.3, -0.25) is 9.30 Å². The summed E-state index contributed by atoms with van der Waals surface area (Å²) in [6, 6.07) is 12.0. The van der Waals surface area contributed by atoms with Crippen LogP contribution in [0.15, 0.2) is 55.0 Å². The van der Waals surface area contributed by atoms with Crippen LogP contribution in [0.1, 0.15) is 0 Å². The fraction of sp³-hybridized carbons (Fsp3) is 0.320. The van der Waals surface area contributed by atoms with Crippen molar-refractivity contribution in [2.75, 3.05) is 63.8 Å². The molecule has 0 atom stereocenters. The number of nitrogens with one attached hydrogen (secondary N) is 1. The number of rotatable bonds is 8. The number of fused-ring (bicyclic) bond motifs is 1. The van der Waals surface area contributed by atoms with E-state index in [1.54, 1.807) is 26.6 Å². The van der Waals surface area contributed by atoms with Crippen LogP contribution < -0.4 is 15.0 Å². The normalized spacial score (nSPS) is 14.4. The molecule has 1 N–H and O–H groups in total. The molecule has 1 fully saturated rings. The van der Waals surface area contributed by atoms with Gasteiger partial charge in [0.2, 0.25) is 5.95 Å². The number of halogens is 1. The molecular weight excluding hydrogens is 466 g/mol. The standard InChI is InChI=1S/C25H28ClN7O2/c1-34-14-13-31-9-11-32(12-10-31)18-6-7-20(22(15-18)35-2)29-25-28-16-19(26)24(30-25)21-17-27-23-5-3-4-8-33(21)23/h3-8,15-17H,9-14H2,1-2H3,(H,28,29,30). The SMILES string of the molecule is COCCN1CCN(c2ccc(Nc3ncc(Cl)c(-c4cnc5ccccn45)n3)c(OC)c2)CC1. The van der Waals surface area contributed by atoms with E-state index >= 15 is 0 Å². The first kappa shape index (κ1) is 23.3. The average Bonchev–Trinajstić information content (AvgIpc) is 3.33. The highest BCUT2D eigenvalue weighted by atomic mass is 35.5. The molecule has 1 saturated heterocycles. The van der Waals surface area contributed by atoms with Gasteiger partial charge in [-0.25, -0.2) is 15.0 Å². The number of methoxy groups -OCH3 is 2. The lowest BCUT2D eigenvalue weighted by molar-refractivity contribution is 0.144. The summed E-state index contributed by atoms with van der Waals surface area (Å²) in [7, 11) is 3.41. The van der Waals surface area contributed by atoms with Gasteiger partial charge in [0.15, 0.2) is 0 Å². The number of pyridine rings is 1. The van der Waals surface area contributed by atoms with Crippen LogP contribution in [0.3, 0.4) is 0 Å². The van der Waals surface area contributed by atoms with Gasteiger partial charge in [0.1, 0.15) is 17.1 Å². The van der Waals surface area contributed by atoms with Crippen LogP contribution >= 0.6 is 11.6 Å². The second-order valence-corrected chi connectivity index (χ2v) is 8.70. The van der Waals surface area contributed by atoms with E-state index in [0.717, 1.165) is 67.8 Å². The van der Waals surface area contributed by atoms with E-state index in [4.69, 9.17) is 21.1 Å². The van der Waals surface area contributed by atoms with Crippen LogP contribution in [0.25, 0.3) is 17.0 Å². The quantitative estimate of drug-likeness (QED) is 0.395. The number of anilines is 3. The maximum atomic E-state index is 6.46. The molecule has 1 aromatic carbocycles. The summed E-state index contributed by atoms with van der Waals surface area (Å²) in [5.41, 5.74) is 4.12. The summed E-state index contributed by atoms with van der Waals surface area (Å²) >= 11 is 6.46. The number of hydrogen-bond acceptors (Lipinski definition) is 8. The summed E-state index contributed by atoms with van der Waals surface area (Å²) in [4.78, 5) is 18.3. The predicted molar refractivity (Wildman–Crippen MR) is 138 cm³/mol. The van der Waals surface area contributed by atoms with Gasteiger partial charge in [-0.2, -0.15) is 0 Å². The van der Waals surface area contributed by atoms with Gasteiger partial charge >= 0.3 is 0 Å². The van der Waals surface area contributed by atoms with Gasteiger partial charge < -0.3 is 19.7 Å². The van der Waals surface area contributed by atoms with Gasteiger partial charge in [-0.1, -0.05) is 17.7 Å².